The number of halogens is 1. The van der Waals surface area contributed by atoms with Crippen LogP contribution in [0, 0.1) is 17.7 Å². The van der Waals surface area contributed by atoms with E-state index in [1.54, 1.807) is 12.1 Å². The number of carbonyl (C=O) groups excluding carboxylic acids is 1. The first kappa shape index (κ1) is 17.6. The number of hydrogen-bond acceptors (Lipinski definition) is 2. The Bertz CT molecular complexity index is 419. The fourth-order valence-electron chi connectivity index (χ4n) is 2.30. The Morgan fingerprint density at radius 3 is 2.10 bits per heavy atom. The number of benzene rings is 1. The summed E-state index contributed by atoms with van der Waals surface area (Å²) in [7, 11) is 0. The van der Waals surface area contributed by atoms with E-state index in [1.165, 1.54) is 12.1 Å². The van der Waals surface area contributed by atoms with Crippen molar-refractivity contribution in [1.29, 1.82) is 0 Å². The molecule has 0 aromatic heterocycles. The summed E-state index contributed by atoms with van der Waals surface area (Å²) >= 11 is 0. The van der Waals surface area contributed by atoms with E-state index >= 15 is 0 Å². The Hall–Kier alpha value is -1.42. The smallest absolute Gasteiger partial charge is 0.234 e. The predicted molar refractivity (Wildman–Crippen MR) is 84.4 cm³/mol. The maximum absolute atomic E-state index is 12.8. The van der Waals surface area contributed by atoms with Gasteiger partial charge in [-0.1, -0.05) is 39.8 Å². The van der Waals surface area contributed by atoms with Crippen LogP contribution in [0.3, 0.4) is 0 Å². The van der Waals surface area contributed by atoms with Crippen LogP contribution in [0.4, 0.5) is 4.39 Å². The van der Waals surface area contributed by atoms with E-state index < -0.39 is 0 Å². The summed E-state index contributed by atoms with van der Waals surface area (Å²) in [5.41, 5.74) is 0.906. The van der Waals surface area contributed by atoms with Crippen LogP contribution in [0.1, 0.15) is 33.3 Å². The van der Waals surface area contributed by atoms with Crippen LogP contribution in [0.5, 0.6) is 0 Å². The van der Waals surface area contributed by atoms with E-state index in [2.05, 4.69) is 37.9 Å². The van der Waals surface area contributed by atoms with Crippen molar-refractivity contribution in [2.24, 2.45) is 11.8 Å². The fourth-order valence-corrected chi connectivity index (χ4v) is 2.30. The molecular formula is C17H27FN2O. The Labute approximate surface area is 127 Å². The van der Waals surface area contributed by atoms with Crippen molar-refractivity contribution in [1.82, 2.24) is 10.2 Å². The molecule has 118 valence electrons. The fraction of sp³-hybridized carbons (Fsp3) is 0.588. The second-order valence-corrected chi connectivity index (χ2v) is 6.38. The Morgan fingerprint density at radius 2 is 1.62 bits per heavy atom. The minimum atomic E-state index is -0.259. The van der Waals surface area contributed by atoms with Gasteiger partial charge in [0.1, 0.15) is 5.82 Å². The molecular weight excluding hydrogens is 267 g/mol. The maximum atomic E-state index is 12.8. The van der Waals surface area contributed by atoms with Gasteiger partial charge in [0.05, 0.1) is 6.54 Å². The molecule has 0 fully saturated rings. The lowest BCUT2D eigenvalue weighted by Crippen LogP contribution is -2.40. The average molecular weight is 294 g/mol. The maximum Gasteiger partial charge on any atom is 0.234 e. The van der Waals surface area contributed by atoms with Crippen LogP contribution >= 0.6 is 0 Å². The zero-order valence-corrected chi connectivity index (χ0v) is 13.5. The molecule has 4 heteroatoms. The van der Waals surface area contributed by atoms with E-state index in [1.807, 2.05) is 0 Å². The van der Waals surface area contributed by atoms with E-state index in [0.29, 0.717) is 24.9 Å². The van der Waals surface area contributed by atoms with Crippen LogP contribution in [0.15, 0.2) is 24.3 Å². The van der Waals surface area contributed by atoms with E-state index in [0.717, 1.165) is 18.7 Å². The first-order valence-electron chi connectivity index (χ1n) is 7.60. The third-order valence-corrected chi connectivity index (χ3v) is 3.02. The molecule has 0 bridgehead atoms. The first-order valence-corrected chi connectivity index (χ1v) is 7.60. The zero-order valence-electron chi connectivity index (χ0n) is 13.5. The van der Waals surface area contributed by atoms with Gasteiger partial charge >= 0.3 is 0 Å². The van der Waals surface area contributed by atoms with Crippen molar-refractivity contribution in [3.05, 3.63) is 35.6 Å². The number of carbonyl (C=O) groups is 1. The van der Waals surface area contributed by atoms with Gasteiger partial charge in [-0.2, -0.15) is 0 Å². The highest BCUT2D eigenvalue weighted by Crippen LogP contribution is 2.04. The molecule has 0 saturated heterocycles. The Kier molecular flexibility index (Phi) is 7.37. The van der Waals surface area contributed by atoms with Crippen LogP contribution < -0.4 is 5.32 Å². The summed E-state index contributed by atoms with van der Waals surface area (Å²) < 4.78 is 12.8. The van der Waals surface area contributed by atoms with E-state index in [9.17, 15) is 9.18 Å². The lowest BCUT2D eigenvalue weighted by Gasteiger charge is -2.25. The standard InChI is InChI=1S/C17H27FN2O/c1-13(2)10-20(11-14(3)4)12-17(21)19-9-15-5-7-16(18)8-6-15/h5-8,13-14H,9-12H2,1-4H3,(H,19,21). The van der Waals surface area contributed by atoms with Crippen LogP contribution in [0.25, 0.3) is 0 Å². The van der Waals surface area contributed by atoms with Crippen LogP contribution in [0.2, 0.25) is 0 Å². The second-order valence-electron chi connectivity index (χ2n) is 6.38. The molecule has 0 atom stereocenters. The SMILES string of the molecule is CC(C)CN(CC(=O)NCc1ccc(F)cc1)CC(C)C. The number of rotatable bonds is 8. The topological polar surface area (TPSA) is 32.3 Å². The van der Waals surface area contributed by atoms with Gasteiger partial charge in [0.15, 0.2) is 0 Å². The monoisotopic (exact) mass is 294 g/mol. The van der Waals surface area contributed by atoms with Crippen molar-refractivity contribution in [3.8, 4) is 0 Å². The van der Waals surface area contributed by atoms with Gasteiger partial charge < -0.3 is 5.32 Å². The molecule has 21 heavy (non-hydrogen) atoms. The highest BCUT2D eigenvalue weighted by molar-refractivity contribution is 5.78. The summed E-state index contributed by atoms with van der Waals surface area (Å²) in [6, 6.07) is 6.20. The minimum Gasteiger partial charge on any atom is -0.351 e. The lowest BCUT2D eigenvalue weighted by atomic mass is 10.1. The number of amides is 1. The molecule has 0 aliphatic rings. The zero-order chi connectivity index (χ0) is 15.8. The van der Waals surface area contributed by atoms with Crippen molar-refractivity contribution in [2.75, 3.05) is 19.6 Å². The average Bonchev–Trinajstić information content (AvgIpc) is 2.36. The summed E-state index contributed by atoms with van der Waals surface area (Å²) in [5, 5.41) is 2.89. The molecule has 1 amide bonds. The van der Waals surface area contributed by atoms with Crippen molar-refractivity contribution < 1.29 is 9.18 Å². The quantitative estimate of drug-likeness (QED) is 0.799. The number of hydrogen-bond donors (Lipinski definition) is 1. The predicted octanol–water partition coefficient (Wildman–Crippen LogP) is 3.06. The highest BCUT2D eigenvalue weighted by atomic mass is 19.1. The molecule has 0 radical (unpaired) electrons. The van der Waals surface area contributed by atoms with Gasteiger partial charge in [-0.25, -0.2) is 4.39 Å². The molecule has 0 spiro atoms. The summed E-state index contributed by atoms with van der Waals surface area (Å²) in [6.07, 6.45) is 0. The van der Waals surface area contributed by atoms with Crippen LogP contribution in [-0.2, 0) is 11.3 Å². The molecule has 0 unspecified atom stereocenters. The number of nitrogens with zero attached hydrogens (tertiary/aromatic N) is 1. The molecule has 1 rings (SSSR count). The Morgan fingerprint density at radius 1 is 1.10 bits per heavy atom. The van der Waals surface area contributed by atoms with Gasteiger partial charge in [-0.15, -0.1) is 0 Å². The molecule has 1 aromatic carbocycles. The minimum absolute atomic E-state index is 0.0145. The molecule has 1 N–H and O–H groups in total. The summed E-state index contributed by atoms with van der Waals surface area (Å²) in [5.74, 6) is 0.827. The molecule has 3 nitrogen and oxygen atoms in total. The van der Waals surface area contributed by atoms with Gasteiger partial charge in [-0.3, -0.25) is 9.69 Å². The second kappa shape index (κ2) is 8.78. The molecule has 0 heterocycles. The molecule has 0 saturated carbocycles. The summed E-state index contributed by atoms with van der Waals surface area (Å²) in [4.78, 5) is 14.2. The van der Waals surface area contributed by atoms with E-state index in [-0.39, 0.29) is 11.7 Å². The van der Waals surface area contributed by atoms with Gasteiger partial charge in [0.25, 0.3) is 0 Å². The molecule has 1 aromatic rings. The lowest BCUT2D eigenvalue weighted by molar-refractivity contribution is -0.122. The normalized spacial score (nSPS) is 11.4. The Balaban J connectivity index is 2.43. The first-order chi connectivity index (χ1) is 9.86. The van der Waals surface area contributed by atoms with Crippen molar-refractivity contribution in [3.63, 3.8) is 0 Å². The van der Waals surface area contributed by atoms with Crippen molar-refractivity contribution in [2.45, 2.75) is 34.2 Å². The van der Waals surface area contributed by atoms with Gasteiger partial charge in [0, 0.05) is 19.6 Å². The highest BCUT2D eigenvalue weighted by Gasteiger charge is 2.13. The van der Waals surface area contributed by atoms with E-state index in [4.69, 9.17) is 0 Å². The van der Waals surface area contributed by atoms with Crippen LogP contribution in [-0.4, -0.2) is 30.4 Å². The molecule has 0 aliphatic heterocycles. The van der Waals surface area contributed by atoms with Crippen molar-refractivity contribution >= 4 is 5.91 Å². The third-order valence-electron chi connectivity index (χ3n) is 3.02. The largest absolute Gasteiger partial charge is 0.351 e. The van der Waals surface area contributed by atoms with Gasteiger partial charge in [0.2, 0.25) is 5.91 Å². The number of nitrogens with one attached hydrogen (secondary N) is 1. The third kappa shape index (κ3) is 7.81. The molecule has 0 aliphatic carbocycles. The van der Waals surface area contributed by atoms with Gasteiger partial charge in [-0.05, 0) is 29.5 Å². The summed E-state index contributed by atoms with van der Waals surface area (Å²) in [6.45, 7) is 11.3.